The van der Waals surface area contributed by atoms with Crippen molar-refractivity contribution in [3.8, 4) is 23.0 Å². The molecule has 0 aromatic heterocycles. The zero-order valence-corrected chi connectivity index (χ0v) is 30.2. The number of benzene rings is 6. The van der Waals surface area contributed by atoms with E-state index in [4.69, 9.17) is 5.11 Å². The van der Waals surface area contributed by atoms with E-state index in [9.17, 15) is 43.0 Å². The number of carbonyl (C=O) groups excluding carboxylic acids is 1. The first kappa shape index (κ1) is 39.5. The van der Waals surface area contributed by atoms with Gasteiger partial charge in [-0.3, -0.25) is 9.35 Å². The lowest BCUT2D eigenvalue weighted by Gasteiger charge is -2.06. The predicted octanol–water partition coefficient (Wildman–Crippen LogP) is 10.4. The van der Waals surface area contributed by atoms with Gasteiger partial charge in [0, 0.05) is 11.3 Å². The van der Waals surface area contributed by atoms with E-state index in [0.717, 1.165) is 6.07 Å². The molecular formula is C38H27N9O10S. The van der Waals surface area contributed by atoms with Gasteiger partial charge in [-0.2, -0.15) is 34.0 Å². The second-order valence-electron chi connectivity index (χ2n) is 11.8. The van der Waals surface area contributed by atoms with Crippen LogP contribution in [0, 0.1) is 0 Å². The van der Waals surface area contributed by atoms with E-state index >= 15 is 0 Å². The Kier molecular flexibility index (Phi) is 11.6. The molecule has 0 aliphatic rings. The third-order valence-electron chi connectivity index (χ3n) is 7.75. The van der Waals surface area contributed by atoms with E-state index in [-0.39, 0.29) is 50.3 Å². The lowest BCUT2D eigenvalue weighted by atomic mass is 10.2. The molecular weight excluding hydrogens is 775 g/mol. The summed E-state index contributed by atoms with van der Waals surface area (Å²) in [5, 5.41) is 84.7. The van der Waals surface area contributed by atoms with Gasteiger partial charge in [-0.05, 0) is 115 Å². The van der Waals surface area contributed by atoms with Gasteiger partial charge < -0.3 is 30.8 Å². The topological polar surface area (TPSA) is 301 Å². The quantitative estimate of drug-likeness (QED) is 0.0348. The van der Waals surface area contributed by atoms with E-state index in [0.29, 0.717) is 22.6 Å². The number of phenols is 4. The number of amides is 1. The summed E-state index contributed by atoms with van der Waals surface area (Å²) in [6, 6.07) is 27.9. The average Bonchev–Trinajstić information content (AvgIpc) is 3.21. The fourth-order valence-electron chi connectivity index (χ4n) is 4.78. The second-order valence-corrected chi connectivity index (χ2v) is 13.2. The molecule has 0 fully saturated rings. The molecule has 6 aromatic rings. The molecule has 19 nitrogen and oxygen atoms in total. The Balaban J connectivity index is 1.06. The summed E-state index contributed by atoms with van der Waals surface area (Å²) in [5.41, 5.74) is 1.37. The highest BCUT2D eigenvalue weighted by Gasteiger charge is 2.14. The zero-order valence-electron chi connectivity index (χ0n) is 29.3. The van der Waals surface area contributed by atoms with Crippen LogP contribution < -0.4 is 5.32 Å². The molecule has 0 radical (unpaired) electrons. The van der Waals surface area contributed by atoms with Crippen molar-refractivity contribution in [3.05, 3.63) is 132 Å². The van der Waals surface area contributed by atoms with Crippen molar-refractivity contribution in [2.75, 3.05) is 5.32 Å². The van der Waals surface area contributed by atoms with Crippen molar-refractivity contribution < 1.29 is 48.1 Å². The molecule has 0 aliphatic heterocycles. The maximum Gasteiger partial charge on any atom is 0.339 e. The number of carbonyl (C=O) groups is 2. The molecule has 0 saturated carbocycles. The van der Waals surface area contributed by atoms with Crippen LogP contribution in [-0.2, 0) is 10.1 Å². The summed E-state index contributed by atoms with van der Waals surface area (Å²) in [7, 11) is -4.44. The van der Waals surface area contributed by atoms with Crippen LogP contribution in [-0.4, -0.2) is 50.4 Å². The molecule has 1 amide bonds. The first-order valence-corrected chi connectivity index (χ1v) is 17.9. The Hall–Kier alpha value is -8.23. The molecule has 0 bridgehead atoms. The minimum absolute atomic E-state index is 0.0750. The highest BCUT2D eigenvalue weighted by Crippen LogP contribution is 2.44. The van der Waals surface area contributed by atoms with Crippen molar-refractivity contribution in [2.45, 2.75) is 4.90 Å². The Bertz CT molecular complexity index is 2780. The van der Waals surface area contributed by atoms with Gasteiger partial charge >= 0.3 is 5.97 Å². The summed E-state index contributed by atoms with van der Waals surface area (Å²) in [4.78, 5) is 23.6. The Labute approximate surface area is 327 Å². The lowest BCUT2D eigenvalue weighted by Crippen LogP contribution is -2.11. The normalized spacial score (nSPS) is 11.9. The summed E-state index contributed by atoms with van der Waals surface area (Å²) < 4.78 is 32.0. The number of anilines is 1. The molecule has 0 aliphatic carbocycles. The number of carboxylic acids is 1. The van der Waals surface area contributed by atoms with E-state index < -0.39 is 39.2 Å². The lowest BCUT2D eigenvalue weighted by molar-refractivity contribution is 0.0693. The Morgan fingerprint density at radius 2 is 0.983 bits per heavy atom. The number of azo groups is 4. The molecule has 7 N–H and O–H groups in total. The fourth-order valence-corrected chi connectivity index (χ4v) is 5.30. The SMILES string of the molecule is O=C(Nc1ccc(N=Nc2ccc(N=Nc3cc(N=Nc4cccc(S(=O)(=O)O)c4)ccc3O)c(O)c2O)cc1)c1ccc(N=Nc2ccc(O)c(C(=O)O)c2)cc1. The number of aromatic hydroxyl groups is 4. The number of hydrogen-bond acceptors (Lipinski definition) is 16. The predicted molar refractivity (Wildman–Crippen MR) is 207 cm³/mol. The van der Waals surface area contributed by atoms with Gasteiger partial charge in [0.25, 0.3) is 16.0 Å². The van der Waals surface area contributed by atoms with Crippen LogP contribution in [0.2, 0.25) is 0 Å². The second kappa shape index (κ2) is 17.1. The summed E-state index contributed by atoms with van der Waals surface area (Å²) >= 11 is 0. The summed E-state index contributed by atoms with van der Waals surface area (Å²) in [5.74, 6) is -3.74. The van der Waals surface area contributed by atoms with Crippen molar-refractivity contribution in [1.82, 2.24) is 0 Å². The number of hydrogen-bond donors (Lipinski definition) is 7. The van der Waals surface area contributed by atoms with Crippen LogP contribution >= 0.6 is 0 Å². The molecule has 6 aromatic carbocycles. The maximum absolute atomic E-state index is 12.8. The number of nitrogens with zero attached hydrogens (tertiary/aromatic N) is 8. The van der Waals surface area contributed by atoms with Crippen LogP contribution in [0.4, 0.5) is 51.2 Å². The molecule has 0 atom stereocenters. The smallest absolute Gasteiger partial charge is 0.339 e. The maximum atomic E-state index is 12.8. The van der Waals surface area contributed by atoms with Gasteiger partial charge in [0.05, 0.1) is 33.3 Å². The first-order chi connectivity index (χ1) is 27.7. The van der Waals surface area contributed by atoms with Crippen molar-refractivity contribution in [3.63, 3.8) is 0 Å². The number of nitrogens with one attached hydrogen (secondary N) is 1. The van der Waals surface area contributed by atoms with Crippen LogP contribution in [0.5, 0.6) is 23.0 Å². The van der Waals surface area contributed by atoms with Crippen LogP contribution in [0.1, 0.15) is 20.7 Å². The molecule has 0 unspecified atom stereocenters. The molecule has 0 heterocycles. The molecule has 58 heavy (non-hydrogen) atoms. The van der Waals surface area contributed by atoms with Gasteiger partial charge in [0.2, 0.25) is 0 Å². The highest BCUT2D eigenvalue weighted by atomic mass is 32.2. The van der Waals surface area contributed by atoms with Gasteiger partial charge in [-0.15, -0.1) is 15.3 Å². The zero-order chi connectivity index (χ0) is 41.4. The number of rotatable bonds is 12. The van der Waals surface area contributed by atoms with E-state index in [1.807, 2.05) is 0 Å². The monoisotopic (exact) mass is 801 g/mol. The Morgan fingerprint density at radius 3 is 1.59 bits per heavy atom. The van der Waals surface area contributed by atoms with E-state index in [1.54, 1.807) is 36.4 Å². The minimum Gasteiger partial charge on any atom is -0.507 e. The summed E-state index contributed by atoms with van der Waals surface area (Å²) in [6.07, 6.45) is 0. The number of aromatic carboxylic acids is 1. The third kappa shape index (κ3) is 9.89. The first-order valence-electron chi connectivity index (χ1n) is 16.4. The van der Waals surface area contributed by atoms with Crippen LogP contribution in [0.3, 0.4) is 0 Å². The Morgan fingerprint density at radius 1 is 0.500 bits per heavy atom. The van der Waals surface area contributed by atoms with Crippen molar-refractivity contribution >= 4 is 73.2 Å². The van der Waals surface area contributed by atoms with Crippen LogP contribution in [0.15, 0.2) is 167 Å². The van der Waals surface area contributed by atoms with E-state index in [2.05, 4.69) is 46.2 Å². The molecule has 6 rings (SSSR count). The highest BCUT2D eigenvalue weighted by molar-refractivity contribution is 7.85. The molecule has 0 spiro atoms. The van der Waals surface area contributed by atoms with Crippen LogP contribution in [0.25, 0.3) is 0 Å². The van der Waals surface area contributed by atoms with Crippen molar-refractivity contribution in [2.24, 2.45) is 40.9 Å². The standard InChI is InChI=1S/C38H27N9O10S/c48-33-16-12-26(19-29(33)38(53)54)43-40-23-6-4-21(5-7-23)37(52)39-22-8-10-24(11-9-22)41-45-30-14-15-31(36(51)35(30)50)46-47-32-20-27(13-17-34(32)49)44-42-25-2-1-3-28(18-25)58(55,56)57/h1-20,48-51H,(H,39,52)(H,53,54)(H,55,56,57). The van der Waals surface area contributed by atoms with E-state index in [1.165, 1.54) is 78.9 Å². The largest absolute Gasteiger partial charge is 0.507 e. The fraction of sp³-hybridized carbons (Fsp3) is 0. The third-order valence-corrected chi connectivity index (χ3v) is 8.60. The van der Waals surface area contributed by atoms with Gasteiger partial charge in [-0.1, -0.05) is 6.07 Å². The van der Waals surface area contributed by atoms with Crippen molar-refractivity contribution in [1.29, 1.82) is 0 Å². The summed E-state index contributed by atoms with van der Waals surface area (Å²) in [6.45, 7) is 0. The average molecular weight is 802 g/mol. The molecule has 20 heteroatoms. The van der Waals surface area contributed by atoms with Gasteiger partial charge in [-0.25, -0.2) is 4.79 Å². The number of phenolic OH excluding ortho intramolecular Hbond substituents is 3. The minimum atomic E-state index is -4.44. The molecule has 0 saturated heterocycles. The number of carboxylic acid groups (broad SMARTS) is 1. The van der Waals surface area contributed by atoms with Gasteiger partial charge in [0.15, 0.2) is 11.5 Å². The molecule has 290 valence electrons. The van der Waals surface area contributed by atoms with Gasteiger partial charge in [0.1, 0.15) is 34.1 Å².